The van der Waals surface area contributed by atoms with Crippen LogP contribution in [0, 0.1) is 0 Å². The molecule has 15 heavy (non-hydrogen) atoms. The van der Waals surface area contributed by atoms with E-state index >= 15 is 0 Å². The highest BCUT2D eigenvalue weighted by atomic mass is 15.4. The van der Waals surface area contributed by atoms with Gasteiger partial charge in [-0.1, -0.05) is 5.21 Å². The molecule has 0 aromatic carbocycles. The van der Waals surface area contributed by atoms with Crippen LogP contribution in [-0.4, -0.2) is 40.1 Å². The Hall–Kier alpha value is -1.69. The molecule has 0 spiro atoms. The molecule has 2 heterocycles. The van der Waals surface area contributed by atoms with Crippen molar-refractivity contribution in [1.82, 2.24) is 20.0 Å². The minimum absolute atomic E-state index is 0.612. The fourth-order valence-electron chi connectivity index (χ4n) is 1.54. The van der Waals surface area contributed by atoms with Crippen molar-refractivity contribution in [3.8, 4) is 0 Å². The van der Waals surface area contributed by atoms with E-state index in [2.05, 4.69) is 20.2 Å². The molecule has 0 aliphatic rings. The predicted octanol–water partition coefficient (Wildman–Crippen LogP) is -0.242. The summed E-state index contributed by atoms with van der Waals surface area (Å²) < 4.78 is 1.66. The van der Waals surface area contributed by atoms with Crippen LogP contribution in [0.15, 0.2) is 12.3 Å². The van der Waals surface area contributed by atoms with Crippen LogP contribution >= 0.6 is 0 Å². The smallest absolute Gasteiger partial charge is 0.180 e. The van der Waals surface area contributed by atoms with E-state index in [1.54, 1.807) is 10.9 Å². The van der Waals surface area contributed by atoms with Gasteiger partial charge in [-0.25, -0.2) is 9.67 Å². The highest BCUT2D eigenvalue weighted by Crippen LogP contribution is 2.20. The maximum absolute atomic E-state index is 5.52. The van der Waals surface area contributed by atoms with Crippen molar-refractivity contribution in [2.75, 3.05) is 25.0 Å². The number of rotatable bonds is 3. The van der Waals surface area contributed by atoms with Crippen LogP contribution in [-0.2, 0) is 7.05 Å². The third-order valence-electron chi connectivity index (χ3n) is 2.34. The Morgan fingerprint density at radius 3 is 3.07 bits per heavy atom. The Morgan fingerprint density at radius 1 is 1.53 bits per heavy atom. The van der Waals surface area contributed by atoms with Crippen LogP contribution in [0.1, 0.15) is 0 Å². The standard InChI is InChI=1S/C9H14N6/c1-14(6-4-10)7-3-5-11-9-8(7)12-13-15(9)2/h3,5H,4,6,10H2,1-2H3. The molecule has 0 radical (unpaired) electrons. The molecule has 0 unspecified atom stereocenters. The van der Waals surface area contributed by atoms with Crippen LogP contribution in [0.3, 0.4) is 0 Å². The second kappa shape index (κ2) is 3.82. The van der Waals surface area contributed by atoms with Gasteiger partial charge in [0.05, 0.1) is 5.69 Å². The van der Waals surface area contributed by atoms with Gasteiger partial charge in [0.2, 0.25) is 0 Å². The van der Waals surface area contributed by atoms with Gasteiger partial charge in [-0.05, 0) is 6.07 Å². The number of hydrogen-bond acceptors (Lipinski definition) is 5. The molecule has 2 rings (SSSR count). The topological polar surface area (TPSA) is 72.9 Å². The number of hydrogen-bond donors (Lipinski definition) is 1. The van der Waals surface area contributed by atoms with Crippen molar-refractivity contribution in [2.24, 2.45) is 12.8 Å². The third kappa shape index (κ3) is 1.63. The molecule has 0 amide bonds. The molecule has 6 nitrogen and oxygen atoms in total. The summed E-state index contributed by atoms with van der Waals surface area (Å²) in [4.78, 5) is 6.28. The van der Waals surface area contributed by atoms with Crippen molar-refractivity contribution < 1.29 is 0 Å². The first-order valence-corrected chi connectivity index (χ1v) is 4.79. The zero-order valence-electron chi connectivity index (χ0n) is 8.88. The minimum atomic E-state index is 0.612. The van der Waals surface area contributed by atoms with Gasteiger partial charge in [0.1, 0.15) is 0 Å². The van der Waals surface area contributed by atoms with E-state index in [1.165, 1.54) is 0 Å². The molecular formula is C9H14N6. The number of anilines is 1. The lowest BCUT2D eigenvalue weighted by Gasteiger charge is -2.17. The van der Waals surface area contributed by atoms with E-state index in [0.717, 1.165) is 23.4 Å². The molecule has 0 bridgehead atoms. The maximum atomic E-state index is 5.52. The molecular weight excluding hydrogens is 192 g/mol. The first-order chi connectivity index (χ1) is 7.24. The lowest BCUT2D eigenvalue weighted by Crippen LogP contribution is -2.25. The van der Waals surface area contributed by atoms with Gasteiger partial charge < -0.3 is 10.6 Å². The van der Waals surface area contributed by atoms with Gasteiger partial charge in [0.15, 0.2) is 11.2 Å². The maximum Gasteiger partial charge on any atom is 0.180 e. The SMILES string of the molecule is CN(CCN)c1ccnc2c1nnn2C. The average Bonchev–Trinajstić information content (AvgIpc) is 2.61. The third-order valence-corrected chi connectivity index (χ3v) is 2.34. The molecule has 6 heteroatoms. The number of likely N-dealkylation sites (N-methyl/N-ethyl adjacent to an activating group) is 1. The van der Waals surface area contributed by atoms with Crippen LogP contribution in [0.5, 0.6) is 0 Å². The van der Waals surface area contributed by atoms with Crippen molar-refractivity contribution >= 4 is 16.9 Å². The fourth-order valence-corrected chi connectivity index (χ4v) is 1.54. The quantitative estimate of drug-likeness (QED) is 0.750. The minimum Gasteiger partial charge on any atom is -0.371 e. The van der Waals surface area contributed by atoms with Crippen molar-refractivity contribution in [3.63, 3.8) is 0 Å². The molecule has 0 atom stereocenters. The number of nitrogens with zero attached hydrogens (tertiary/aromatic N) is 5. The second-order valence-corrected chi connectivity index (χ2v) is 3.43. The number of aryl methyl sites for hydroxylation is 1. The average molecular weight is 206 g/mol. The summed E-state index contributed by atoms with van der Waals surface area (Å²) in [5.74, 6) is 0. The molecule has 80 valence electrons. The molecule has 0 saturated heterocycles. The summed E-state index contributed by atoms with van der Waals surface area (Å²) in [5.41, 5.74) is 8.13. The summed E-state index contributed by atoms with van der Waals surface area (Å²) in [6.45, 7) is 1.40. The van der Waals surface area contributed by atoms with Crippen LogP contribution in [0.4, 0.5) is 5.69 Å². The van der Waals surface area contributed by atoms with E-state index in [9.17, 15) is 0 Å². The van der Waals surface area contributed by atoms with Crippen LogP contribution < -0.4 is 10.6 Å². The van der Waals surface area contributed by atoms with Gasteiger partial charge >= 0.3 is 0 Å². The number of pyridine rings is 1. The summed E-state index contributed by atoms with van der Waals surface area (Å²) in [6.07, 6.45) is 1.76. The Balaban J connectivity index is 2.51. The summed E-state index contributed by atoms with van der Waals surface area (Å²) in [7, 11) is 3.81. The zero-order valence-corrected chi connectivity index (χ0v) is 8.88. The highest BCUT2D eigenvalue weighted by molar-refractivity contribution is 5.85. The van der Waals surface area contributed by atoms with E-state index in [4.69, 9.17) is 5.73 Å². The monoisotopic (exact) mass is 206 g/mol. The van der Waals surface area contributed by atoms with Gasteiger partial charge in [-0.2, -0.15) is 0 Å². The second-order valence-electron chi connectivity index (χ2n) is 3.43. The van der Waals surface area contributed by atoms with E-state index < -0.39 is 0 Å². The van der Waals surface area contributed by atoms with Gasteiger partial charge in [-0.3, -0.25) is 0 Å². The van der Waals surface area contributed by atoms with E-state index in [-0.39, 0.29) is 0 Å². The molecule has 0 aliphatic heterocycles. The molecule has 2 aromatic heterocycles. The Bertz CT molecular complexity index is 463. The van der Waals surface area contributed by atoms with Gasteiger partial charge in [-0.15, -0.1) is 5.10 Å². The van der Waals surface area contributed by atoms with Gasteiger partial charge in [0.25, 0.3) is 0 Å². The van der Waals surface area contributed by atoms with Crippen molar-refractivity contribution in [1.29, 1.82) is 0 Å². The highest BCUT2D eigenvalue weighted by Gasteiger charge is 2.10. The largest absolute Gasteiger partial charge is 0.371 e. The molecule has 2 aromatic rings. The normalized spacial score (nSPS) is 10.9. The molecule has 0 fully saturated rings. The van der Waals surface area contributed by atoms with Crippen molar-refractivity contribution in [2.45, 2.75) is 0 Å². The predicted molar refractivity (Wildman–Crippen MR) is 58.6 cm³/mol. The van der Waals surface area contributed by atoms with Crippen LogP contribution in [0.2, 0.25) is 0 Å². The lowest BCUT2D eigenvalue weighted by molar-refractivity contribution is 0.730. The Labute approximate surface area is 87.7 Å². The molecule has 0 aliphatic carbocycles. The number of nitrogens with two attached hydrogens (primary N) is 1. The fraction of sp³-hybridized carbons (Fsp3) is 0.444. The molecule has 0 saturated carbocycles. The summed E-state index contributed by atoms with van der Waals surface area (Å²) in [5, 5.41) is 8.03. The first-order valence-electron chi connectivity index (χ1n) is 4.79. The van der Waals surface area contributed by atoms with Gasteiger partial charge in [0, 0.05) is 33.4 Å². The number of aromatic nitrogens is 4. The zero-order chi connectivity index (χ0) is 10.8. The van der Waals surface area contributed by atoms with Crippen LogP contribution in [0.25, 0.3) is 11.2 Å². The van der Waals surface area contributed by atoms with E-state index in [1.807, 2.05) is 20.2 Å². The molecule has 2 N–H and O–H groups in total. The Kier molecular flexibility index (Phi) is 2.51. The Morgan fingerprint density at radius 2 is 2.33 bits per heavy atom. The van der Waals surface area contributed by atoms with E-state index in [0.29, 0.717) is 6.54 Å². The number of fused-ring (bicyclic) bond motifs is 1. The summed E-state index contributed by atoms with van der Waals surface area (Å²) >= 11 is 0. The lowest BCUT2D eigenvalue weighted by atomic mass is 10.3. The summed E-state index contributed by atoms with van der Waals surface area (Å²) in [6, 6.07) is 1.92. The van der Waals surface area contributed by atoms with Crippen molar-refractivity contribution in [3.05, 3.63) is 12.3 Å². The first kappa shape index (κ1) is 9.85.